The molecule has 1 rings (SSSR count). The van der Waals surface area contributed by atoms with Gasteiger partial charge in [0.25, 0.3) is 0 Å². The number of ether oxygens (including phenoxy) is 1. The first-order valence-electron chi connectivity index (χ1n) is 3.37. The Kier molecular flexibility index (Phi) is 2.30. The Hall–Kier alpha value is -1.13. The zero-order valence-corrected chi connectivity index (χ0v) is 6.49. The topological polar surface area (TPSA) is 49.7 Å². The van der Waals surface area contributed by atoms with E-state index < -0.39 is 11.8 Å². The van der Waals surface area contributed by atoms with Crippen molar-refractivity contribution < 1.29 is 19.3 Å². The first kappa shape index (κ1) is 8.96. The maximum absolute atomic E-state index is 12.8. The van der Waals surface area contributed by atoms with Crippen LogP contribution in [0.5, 0.6) is 5.75 Å². The molecule has 1 aromatic carbocycles. The van der Waals surface area contributed by atoms with Crippen molar-refractivity contribution in [2.75, 3.05) is 0 Å². The van der Waals surface area contributed by atoms with Crippen molar-refractivity contribution in [1.82, 2.24) is 0 Å². The molecule has 0 aromatic heterocycles. The van der Waals surface area contributed by atoms with Gasteiger partial charge in [0.1, 0.15) is 0 Å². The normalized spacial score (nSPS) is 11.3. The summed E-state index contributed by atoms with van der Waals surface area (Å²) in [6, 6.07) is 5.49. The number of benzene rings is 1. The van der Waals surface area contributed by atoms with Crippen molar-refractivity contribution in [2.24, 2.45) is 0 Å². The molecule has 0 aliphatic carbocycles. The fraction of sp³-hybridized carbons (Fsp3) is 0.250. The lowest BCUT2D eigenvalue weighted by Gasteiger charge is -2.17. The van der Waals surface area contributed by atoms with Crippen LogP contribution in [0.3, 0.4) is 0 Å². The van der Waals surface area contributed by atoms with Gasteiger partial charge in [0.2, 0.25) is 0 Å². The maximum Gasteiger partial charge on any atom is 0.318 e. The smallest absolute Gasteiger partial charge is 0.318 e. The van der Waals surface area contributed by atoms with E-state index in [9.17, 15) is 4.39 Å². The Morgan fingerprint density at radius 1 is 1.33 bits per heavy atom. The number of rotatable bonds is 2. The van der Waals surface area contributed by atoms with E-state index in [4.69, 9.17) is 10.2 Å². The van der Waals surface area contributed by atoms with Crippen LogP contribution in [0.25, 0.3) is 0 Å². The highest BCUT2D eigenvalue weighted by Gasteiger charge is 2.18. The van der Waals surface area contributed by atoms with Gasteiger partial charge in [0.05, 0.1) is 0 Å². The first-order chi connectivity index (χ1) is 5.49. The van der Waals surface area contributed by atoms with Crippen LogP contribution in [0.15, 0.2) is 24.3 Å². The molecular weight excluding hydrogens is 163 g/mol. The Labute approximate surface area is 69.0 Å². The van der Waals surface area contributed by atoms with Gasteiger partial charge in [-0.05, 0) is 12.1 Å². The molecule has 2 N–H and O–H groups in total. The van der Waals surface area contributed by atoms with Crippen LogP contribution in [0.1, 0.15) is 6.92 Å². The predicted molar refractivity (Wildman–Crippen MR) is 39.9 cm³/mol. The molecule has 0 amide bonds. The van der Waals surface area contributed by atoms with Gasteiger partial charge in [-0.2, -0.15) is 0 Å². The lowest BCUT2D eigenvalue weighted by molar-refractivity contribution is -0.278. The second-order valence-corrected chi connectivity index (χ2v) is 2.47. The standard InChI is InChI=1S/C8H9FO3/c1-8(10,11)12-7-5-3-2-4-6(7)9/h2-5,10-11H,1H3. The van der Waals surface area contributed by atoms with Gasteiger partial charge in [0, 0.05) is 6.92 Å². The van der Waals surface area contributed by atoms with E-state index >= 15 is 0 Å². The minimum Gasteiger partial charge on any atom is -0.436 e. The molecule has 66 valence electrons. The summed E-state index contributed by atoms with van der Waals surface area (Å²) in [5, 5.41) is 17.5. The zero-order chi connectivity index (χ0) is 9.19. The Bertz CT molecular complexity index is 267. The zero-order valence-electron chi connectivity index (χ0n) is 6.49. The molecule has 0 heterocycles. The quantitative estimate of drug-likeness (QED) is 0.650. The Balaban J connectivity index is 2.83. The van der Waals surface area contributed by atoms with Gasteiger partial charge in [-0.3, -0.25) is 0 Å². The Morgan fingerprint density at radius 2 is 1.92 bits per heavy atom. The minimum atomic E-state index is -2.35. The molecule has 3 nitrogen and oxygen atoms in total. The van der Waals surface area contributed by atoms with Gasteiger partial charge in [0.15, 0.2) is 11.6 Å². The van der Waals surface area contributed by atoms with Crippen LogP contribution < -0.4 is 4.74 Å². The number of halogens is 1. The lowest BCUT2D eigenvalue weighted by Crippen LogP contribution is -2.31. The number of hydrogen-bond donors (Lipinski definition) is 2. The second kappa shape index (κ2) is 3.08. The van der Waals surface area contributed by atoms with E-state index in [1.807, 2.05) is 0 Å². The summed E-state index contributed by atoms with van der Waals surface area (Å²) in [5.41, 5.74) is 0. The minimum absolute atomic E-state index is 0.190. The van der Waals surface area contributed by atoms with Crippen LogP contribution in [0.4, 0.5) is 4.39 Å². The molecule has 0 radical (unpaired) electrons. The molecule has 0 aliphatic heterocycles. The molecule has 4 heteroatoms. The molecule has 1 aromatic rings. The number of para-hydroxylation sites is 1. The largest absolute Gasteiger partial charge is 0.436 e. The second-order valence-electron chi connectivity index (χ2n) is 2.47. The molecule has 0 aliphatic rings. The van der Waals surface area contributed by atoms with Crippen LogP contribution in [0.2, 0.25) is 0 Å². The molecule has 0 saturated heterocycles. The van der Waals surface area contributed by atoms with Crippen molar-refractivity contribution >= 4 is 0 Å². The third-order valence-electron chi connectivity index (χ3n) is 1.14. The van der Waals surface area contributed by atoms with Crippen LogP contribution in [-0.2, 0) is 0 Å². The van der Waals surface area contributed by atoms with Crippen LogP contribution in [0, 0.1) is 5.82 Å². The molecule has 0 unspecified atom stereocenters. The van der Waals surface area contributed by atoms with E-state index in [0.29, 0.717) is 0 Å². The summed E-state index contributed by atoms with van der Waals surface area (Å²) in [5.74, 6) is -3.17. The van der Waals surface area contributed by atoms with Crippen LogP contribution in [-0.4, -0.2) is 16.2 Å². The van der Waals surface area contributed by atoms with Gasteiger partial charge >= 0.3 is 5.97 Å². The fourth-order valence-electron chi connectivity index (χ4n) is 0.736. The van der Waals surface area contributed by atoms with Crippen LogP contribution >= 0.6 is 0 Å². The van der Waals surface area contributed by atoms with E-state index in [2.05, 4.69) is 4.74 Å². The summed E-state index contributed by atoms with van der Waals surface area (Å²) in [7, 11) is 0. The number of hydrogen-bond acceptors (Lipinski definition) is 3. The van der Waals surface area contributed by atoms with E-state index in [1.54, 1.807) is 0 Å². The number of aliphatic hydroxyl groups is 2. The average Bonchev–Trinajstić information content (AvgIpc) is 1.91. The van der Waals surface area contributed by atoms with Gasteiger partial charge in [-0.1, -0.05) is 12.1 Å². The molecule has 0 fully saturated rings. The highest BCUT2D eigenvalue weighted by atomic mass is 19.1. The fourth-order valence-corrected chi connectivity index (χ4v) is 0.736. The van der Waals surface area contributed by atoms with Crippen molar-refractivity contribution in [2.45, 2.75) is 12.9 Å². The average molecular weight is 172 g/mol. The van der Waals surface area contributed by atoms with Crippen molar-refractivity contribution in [3.8, 4) is 5.75 Å². The van der Waals surface area contributed by atoms with E-state index in [1.165, 1.54) is 24.3 Å². The molecule has 0 saturated carbocycles. The summed E-state index contributed by atoms with van der Waals surface area (Å²) in [6.45, 7) is 0.999. The van der Waals surface area contributed by atoms with Gasteiger partial charge < -0.3 is 14.9 Å². The van der Waals surface area contributed by atoms with Gasteiger partial charge in [-0.15, -0.1) is 0 Å². The summed E-state index contributed by atoms with van der Waals surface area (Å²) < 4.78 is 17.2. The third-order valence-corrected chi connectivity index (χ3v) is 1.14. The molecule has 0 atom stereocenters. The third kappa shape index (κ3) is 2.48. The summed E-state index contributed by atoms with van der Waals surface area (Å²) in [4.78, 5) is 0. The monoisotopic (exact) mass is 172 g/mol. The maximum atomic E-state index is 12.8. The van der Waals surface area contributed by atoms with Gasteiger partial charge in [-0.25, -0.2) is 4.39 Å². The predicted octanol–water partition coefficient (Wildman–Crippen LogP) is 0.863. The molecule has 12 heavy (non-hydrogen) atoms. The van der Waals surface area contributed by atoms with Crippen molar-refractivity contribution in [1.29, 1.82) is 0 Å². The lowest BCUT2D eigenvalue weighted by atomic mass is 10.3. The molecular formula is C8H9FO3. The molecule has 0 bridgehead atoms. The summed E-state index contributed by atoms with van der Waals surface area (Å²) in [6.07, 6.45) is 0. The van der Waals surface area contributed by atoms with Crippen molar-refractivity contribution in [3.05, 3.63) is 30.1 Å². The molecule has 0 spiro atoms. The highest BCUT2D eigenvalue weighted by molar-refractivity contribution is 5.23. The SMILES string of the molecule is CC(O)(O)Oc1ccccc1F. The van der Waals surface area contributed by atoms with E-state index in [0.717, 1.165) is 6.92 Å². The van der Waals surface area contributed by atoms with Crippen molar-refractivity contribution in [3.63, 3.8) is 0 Å². The summed E-state index contributed by atoms with van der Waals surface area (Å²) >= 11 is 0. The van der Waals surface area contributed by atoms with E-state index in [-0.39, 0.29) is 5.75 Å². The highest BCUT2D eigenvalue weighted by Crippen LogP contribution is 2.18. The first-order valence-corrected chi connectivity index (χ1v) is 3.37. The Morgan fingerprint density at radius 3 is 2.42 bits per heavy atom.